The van der Waals surface area contributed by atoms with Crippen molar-refractivity contribution < 1.29 is 19.4 Å². The molecule has 92 valence electrons. The van der Waals surface area contributed by atoms with Gasteiger partial charge in [0.05, 0.1) is 13.2 Å². The molecule has 16 heavy (non-hydrogen) atoms. The van der Waals surface area contributed by atoms with Crippen LogP contribution < -0.4 is 0 Å². The summed E-state index contributed by atoms with van der Waals surface area (Å²) in [5.41, 5.74) is 0. The van der Waals surface area contributed by atoms with Crippen molar-refractivity contribution in [1.29, 1.82) is 0 Å². The molecule has 1 aliphatic rings. The minimum Gasteiger partial charge on any atom is -0.467 e. The third-order valence-corrected chi connectivity index (χ3v) is 2.82. The number of hydrogen-bond acceptors (Lipinski definition) is 4. The molecule has 1 saturated heterocycles. The zero-order valence-corrected chi connectivity index (χ0v) is 9.81. The molecular weight excluding hydrogens is 210 g/mol. The molecule has 5 nitrogen and oxygen atoms in total. The van der Waals surface area contributed by atoms with E-state index in [0.717, 1.165) is 6.42 Å². The Kier molecular flexibility index (Phi) is 4.73. The van der Waals surface area contributed by atoms with Crippen LogP contribution in [0.5, 0.6) is 0 Å². The second-order valence-corrected chi connectivity index (χ2v) is 4.16. The number of ether oxygens (including phenoxy) is 1. The second-order valence-electron chi connectivity index (χ2n) is 4.16. The molecule has 0 bridgehead atoms. The fourth-order valence-corrected chi connectivity index (χ4v) is 1.92. The lowest BCUT2D eigenvalue weighted by Gasteiger charge is -2.22. The Hall–Kier alpha value is -1.10. The summed E-state index contributed by atoms with van der Waals surface area (Å²) >= 11 is 0. The zero-order chi connectivity index (χ0) is 12.1. The van der Waals surface area contributed by atoms with Crippen LogP contribution in [0.4, 0.5) is 0 Å². The van der Waals surface area contributed by atoms with Gasteiger partial charge in [0.2, 0.25) is 5.91 Å². The minimum absolute atomic E-state index is 0.0752. The van der Waals surface area contributed by atoms with Crippen molar-refractivity contribution in [3.05, 3.63) is 0 Å². The number of nitrogens with zero attached hydrogens (tertiary/aromatic N) is 1. The van der Waals surface area contributed by atoms with Gasteiger partial charge in [-0.25, -0.2) is 4.79 Å². The summed E-state index contributed by atoms with van der Waals surface area (Å²) < 4.78 is 4.66. The third kappa shape index (κ3) is 3.20. The number of rotatable bonds is 4. The van der Waals surface area contributed by atoms with E-state index in [0.29, 0.717) is 19.4 Å². The molecule has 1 fully saturated rings. The molecule has 1 N–H and O–H groups in total. The normalized spacial score (nSPS) is 21.9. The van der Waals surface area contributed by atoms with Gasteiger partial charge < -0.3 is 14.7 Å². The van der Waals surface area contributed by atoms with Crippen molar-refractivity contribution in [2.24, 2.45) is 0 Å². The maximum atomic E-state index is 11.8. The molecule has 0 aromatic heterocycles. The Balaban J connectivity index is 2.51. The van der Waals surface area contributed by atoms with E-state index in [-0.39, 0.29) is 18.3 Å². The molecule has 1 amide bonds. The summed E-state index contributed by atoms with van der Waals surface area (Å²) in [5.74, 6) is -0.420. The summed E-state index contributed by atoms with van der Waals surface area (Å²) in [6.07, 6.45) is 1.74. The highest BCUT2D eigenvalue weighted by atomic mass is 16.5. The molecule has 0 saturated carbocycles. The lowest BCUT2D eigenvalue weighted by atomic mass is 10.2. The van der Waals surface area contributed by atoms with Gasteiger partial charge in [0.25, 0.3) is 0 Å². The molecule has 2 unspecified atom stereocenters. The topological polar surface area (TPSA) is 66.8 Å². The van der Waals surface area contributed by atoms with E-state index < -0.39 is 12.1 Å². The number of amides is 1. The van der Waals surface area contributed by atoms with Crippen LogP contribution in [0.2, 0.25) is 0 Å². The summed E-state index contributed by atoms with van der Waals surface area (Å²) in [6, 6.07) is -0.425. The lowest BCUT2D eigenvalue weighted by Crippen LogP contribution is -2.41. The van der Waals surface area contributed by atoms with E-state index >= 15 is 0 Å². The highest BCUT2D eigenvalue weighted by Crippen LogP contribution is 2.19. The van der Waals surface area contributed by atoms with Gasteiger partial charge >= 0.3 is 5.97 Å². The van der Waals surface area contributed by atoms with Crippen LogP contribution in [0.3, 0.4) is 0 Å². The van der Waals surface area contributed by atoms with Gasteiger partial charge in [-0.1, -0.05) is 0 Å². The van der Waals surface area contributed by atoms with Crippen molar-refractivity contribution in [3.63, 3.8) is 0 Å². The molecule has 1 rings (SSSR count). The Bertz CT molecular complexity index is 265. The van der Waals surface area contributed by atoms with E-state index in [9.17, 15) is 9.59 Å². The molecule has 0 spiro atoms. The summed E-state index contributed by atoms with van der Waals surface area (Å²) in [5, 5.41) is 9.10. The largest absolute Gasteiger partial charge is 0.467 e. The molecule has 0 radical (unpaired) electrons. The SMILES string of the molecule is COC(=O)C1CCCN1C(=O)CCC(C)O. The monoisotopic (exact) mass is 229 g/mol. The van der Waals surface area contributed by atoms with Gasteiger partial charge in [0.1, 0.15) is 6.04 Å². The lowest BCUT2D eigenvalue weighted by molar-refractivity contribution is -0.151. The van der Waals surface area contributed by atoms with Gasteiger partial charge in [-0.2, -0.15) is 0 Å². The fourth-order valence-electron chi connectivity index (χ4n) is 1.92. The van der Waals surface area contributed by atoms with Gasteiger partial charge in [-0.15, -0.1) is 0 Å². The summed E-state index contributed by atoms with van der Waals surface area (Å²) in [7, 11) is 1.33. The van der Waals surface area contributed by atoms with Crippen LogP contribution in [0.15, 0.2) is 0 Å². The Morgan fingerprint density at radius 1 is 1.56 bits per heavy atom. The molecule has 1 heterocycles. The van der Waals surface area contributed by atoms with Crippen molar-refractivity contribution in [2.45, 2.75) is 44.8 Å². The molecule has 1 aliphatic heterocycles. The first-order valence-corrected chi connectivity index (χ1v) is 5.61. The van der Waals surface area contributed by atoms with Crippen LogP contribution in [0, 0.1) is 0 Å². The van der Waals surface area contributed by atoms with E-state index in [1.54, 1.807) is 11.8 Å². The smallest absolute Gasteiger partial charge is 0.328 e. The number of carbonyl (C=O) groups is 2. The standard InChI is InChI=1S/C11H19NO4/c1-8(13)5-6-10(14)12-7-3-4-9(12)11(15)16-2/h8-9,13H,3-7H2,1-2H3. The average Bonchev–Trinajstić information content (AvgIpc) is 2.73. The van der Waals surface area contributed by atoms with E-state index in [1.807, 2.05) is 0 Å². The number of carbonyl (C=O) groups excluding carboxylic acids is 2. The van der Waals surface area contributed by atoms with Gasteiger partial charge in [0.15, 0.2) is 0 Å². The maximum absolute atomic E-state index is 11.8. The number of likely N-dealkylation sites (tertiary alicyclic amines) is 1. The minimum atomic E-state index is -0.483. The highest BCUT2D eigenvalue weighted by Gasteiger charge is 2.34. The van der Waals surface area contributed by atoms with Crippen molar-refractivity contribution >= 4 is 11.9 Å². The second kappa shape index (κ2) is 5.84. The van der Waals surface area contributed by atoms with Crippen LogP contribution >= 0.6 is 0 Å². The first-order valence-electron chi connectivity index (χ1n) is 5.61. The Morgan fingerprint density at radius 2 is 2.25 bits per heavy atom. The zero-order valence-electron chi connectivity index (χ0n) is 9.81. The number of aliphatic hydroxyl groups excluding tert-OH is 1. The van der Waals surface area contributed by atoms with Crippen molar-refractivity contribution in [3.8, 4) is 0 Å². The molecule has 2 atom stereocenters. The van der Waals surface area contributed by atoms with E-state index in [4.69, 9.17) is 5.11 Å². The fraction of sp³-hybridized carbons (Fsp3) is 0.818. The van der Waals surface area contributed by atoms with E-state index in [2.05, 4.69) is 4.74 Å². The van der Waals surface area contributed by atoms with Gasteiger partial charge in [-0.3, -0.25) is 4.79 Å². The molecule has 0 aromatic carbocycles. The van der Waals surface area contributed by atoms with Crippen LogP contribution in [0.1, 0.15) is 32.6 Å². The van der Waals surface area contributed by atoms with Crippen molar-refractivity contribution in [2.75, 3.05) is 13.7 Å². The first-order chi connectivity index (χ1) is 7.56. The Morgan fingerprint density at radius 3 is 2.81 bits per heavy atom. The number of esters is 1. The number of methoxy groups -OCH3 is 1. The number of aliphatic hydroxyl groups is 1. The van der Waals surface area contributed by atoms with Crippen LogP contribution in [-0.4, -0.2) is 47.7 Å². The highest BCUT2D eigenvalue weighted by molar-refractivity contribution is 5.85. The predicted molar refractivity (Wildman–Crippen MR) is 57.7 cm³/mol. The quantitative estimate of drug-likeness (QED) is 0.705. The molecule has 5 heteroatoms. The molecule has 0 aromatic rings. The number of hydrogen-bond donors (Lipinski definition) is 1. The third-order valence-electron chi connectivity index (χ3n) is 2.82. The van der Waals surface area contributed by atoms with E-state index in [1.165, 1.54) is 7.11 Å². The summed E-state index contributed by atoms with van der Waals surface area (Å²) in [4.78, 5) is 24.8. The average molecular weight is 229 g/mol. The molecule has 0 aliphatic carbocycles. The van der Waals surface area contributed by atoms with Gasteiger partial charge in [0, 0.05) is 13.0 Å². The molecular formula is C11H19NO4. The maximum Gasteiger partial charge on any atom is 0.328 e. The Labute approximate surface area is 95.4 Å². The van der Waals surface area contributed by atoms with Crippen molar-refractivity contribution in [1.82, 2.24) is 4.90 Å². The first kappa shape index (κ1) is 13.0. The van der Waals surface area contributed by atoms with Crippen LogP contribution in [0.25, 0.3) is 0 Å². The summed E-state index contributed by atoms with van der Waals surface area (Å²) in [6.45, 7) is 2.26. The van der Waals surface area contributed by atoms with Crippen LogP contribution in [-0.2, 0) is 14.3 Å². The van der Waals surface area contributed by atoms with Gasteiger partial charge in [-0.05, 0) is 26.2 Å². The predicted octanol–water partition coefficient (Wildman–Crippen LogP) is 0.311.